The number of carbonyl (C=O) groups is 2. The van der Waals surface area contributed by atoms with Crippen molar-refractivity contribution in [2.24, 2.45) is 5.92 Å². The van der Waals surface area contributed by atoms with Crippen molar-refractivity contribution < 1.29 is 28.0 Å². The summed E-state index contributed by atoms with van der Waals surface area (Å²) in [6.45, 7) is 3.35. The zero-order valence-electron chi connectivity index (χ0n) is 20.4. The van der Waals surface area contributed by atoms with Gasteiger partial charge >= 0.3 is 5.97 Å². The third-order valence-electron chi connectivity index (χ3n) is 5.78. The van der Waals surface area contributed by atoms with E-state index in [1.54, 1.807) is 92.7 Å². The summed E-state index contributed by atoms with van der Waals surface area (Å²) in [6.07, 6.45) is 0. The van der Waals surface area contributed by atoms with Gasteiger partial charge in [-0.1, -0.05) is 67.0 Å². The molecule has 0 saturated heterocycles. The standard InChI is InChI=1S/C27H24ClN3O6S/c1-16(2)25(27(33)34)31(38(35)36)22-13-7-18(8-14-22)17-5-11-21(12-6-17)29-26(32)24-15-23(30-37-24)19-3-9-20(28)10-4-19/h3-16,25H,1-2H3,(H,29,32)(H,33,34)(H,35,36). The molecule has 0 aliphatic heterocycles. The van der Waals surface area contributed by atoms with Gasteiger partial charge in [-0.25, -0.2) is 9.00 Å². The number of halogens is 1. The molecule has 2 unspecified atom stereocenters. The molecule has 0 aliphatic rings. The number of aliphatic carboxylic acids is 1. The zero-order valence-corrected chi connectivity index (χ0v) is 21.9. The van der Waals surface area contributed by atoms with E-state index in [1.165, 1.54) is 0 Å². The Morgan fingerprint density at radius 2 is 1.50 bits per heavy atom. The van der Waals surface area contributed by atoms with E-state index in [0.717, 1.165) is 21.0 Å². The van der Waals surface area contributed by atoms with Crippen LogP contribution < -0.4 is 9.62 Å². The van der Waals surface area contributed by atoms with E-state index < -0.39 is 35.1 Å². The number of nitrogens with one attached hydrogen (secondary N) is 1. The van der Waals surface area contributed by atoms with Gasteiger partial charge in [0.1, 0.15) is 11.7 Å². The predicted molar refractivity (Wildman–Crippen MR) is 146 cm³/mol. The van der Waals surface area contributed by atoms with Gasteiger partial charge in [-0.15, -0.1) is 0 Å². The van der Waals surface area contributed by atoms with E-state index in [1.807, 2.05) is 0 Å². The Morgan fingerprint density at radius 3 is 2.03 bits per heavy atom. The van der Waals surface area contributed by atoms with Gasteiger partial charge in [0.2, 0.25) is 5.76 Å². The molecular weight excluding hydrogens is 530 g/mol. The Hall–Kier alpha value is -3.99. The van der Waals surface area contributed by atoms with Crippen molar-refractivity contribution in [3.63, 3.8) is 0 Å². The van der Waals surface area contributed by atoms with E-state index in [9.17, 15) is 23.5 Å². The first-order valence-electron chi connectivity index (χ1n) is 11.5. The average Bonchev–Trinajstić information content (AvgIpc) is 3.38. The Labute approximate surface area is 226 Å². The first-order valence-corrected chi connectivity index (χ1v) is 13.0. The molecule has 196 valence electrons. The maximum Gasteiger partial charge on any atom is 0.327 e. The third-order valence-corrected chi connectivity index (χ3v) is 6.80. The van der Waals surface area contributed by atoms with Crippen LogP contribution in [0, 0.1) is 5.92 Å². The number of carboxylic acid groups (broad SMARTS) is 1. The monoisotopic (exact) mass is 553 g/mol. The topological polar surface area (TPSA) is 133 Å². The fourth-order valence-electron chi connectivity index (χ4n) is 3.88. The molecule has 3 aromatic carbocycles. The van der Waals surface area contributed by atoms with E-state index in [-0.39, 0.29) is 5.76 Å². The summed E-state index contributed by atoms with van der Waals surface area (Å²) in [5, 5.41) is 16.8. The van der Waals surface area contributed by atoms with Gasteiger partial charge in [-0.05, 0) is 53.4 Å². The Balaban J connectivity index is 1.45. The number of carbonyl (C=O) groups excluding carboxylic acids is 1. The molecule has 4 aromatic rings. The number of nitrogens with zero attached hydrogens (tertiary/aromatic N) is 2. The van der Waals surface area contributed by atoms with E-state index in [4.69, 9.17) is 16.1 Å². The lowest BCUT2D eigenvalue weighted by Gasteiger charge is -2.29. The highest BCUT2D eigenvalue weighted by molar-refractivity contribution is 7.80. The molecule has 38 heavy (non-hydrogen) atoms. The first kappa shape index (κ1) is 27.1. The van der Waals surface area contributed by atoms with Crippen LogP contribution in [0.5, 0.6) is 0 Å². The van der Waals surface area contributed by atoms with Crippen molar-refractivity contribution in [2.75, 3.05) is 9.62 Å². The molecule has 3 N–H and O–H groups in total. The number of aromatic nitrogens is 1. The quantitative estimate of drug-likeness (QED) is 0.217. The van der Waals surface area contributed by atoms with Crippen molar-refractivity contribution in [1.29, 1.82) is 0 Å². The second kappa shape index (κ2) is 11.6. The fourth-order valence-corrected chi connectivity index (χ4v) is 4.84. The highest BCUT2D eigenvalue weighted by atomic mass is 35.5. The molecule has 1 amide bonds. The fraction of sp³-hybridized carbons (Fsp3) is 0.148. The predicted octanol–water partition coefficient (Wildman–Crippen LogP) is 5.97. The minimum Gasteiger partial charge on any atom is -0.480 e. The van der Waals surface area contributed by atoms with Gasteiger partial charge in [0.15, 0.2) is 0 Å². The maximum atomic E-state index is 12.6. The van der Waals surface area contributed by atoms with Gasteiger partial charge in [-0.3, -0.25) is 13.7 Å². The summed E-state index contributed by atoms with van der Waals surface area (Å²) in [5.41, 5.74) is 3.76. The van der Waals surface area contributed by atoms with Crippen molar-refractivity contribution in [1.82, 2.24) is 5.16 Å². The van der Waals surface area contributed by atoms with Gasteiger partial charge in [0.05, 0.1) is 5.69 Å². The summed E-state index contributed by atoms with van der Waals surface area (Å²) in [7, 11) is 0. The summed E-state index contributed by atoms with van der Waals surface area (Å²) in [6, 6.07) is 21.1. The third kappa shape index (κ3) is 6.10. The van der Waals surface area contributed by atoms with Gasteiger partial charge in [0, 0.05) is 22.3 Å². The summed E-state index contributed by atoms with van der Waals surface area (Å²) in [5.74, 6) is -1.98. The Bertz CT molecular complexity index is 1450. The lowest BCUT2D eigenvalue weighted by atomic mass is 10.0. The Morgan fingerprint density at radius 1 is 0.947 bits per heavy atom. The van der Waals surface area contributed by atoms with Crippen LogP contribution in [0.25, 0.3) is 22.4 Å². The molecular formula is C27H24ClN3O6S. The SMILES string of the molecule is CC(C)C(C(=O)O)N(c1ccc(-c2ccc(NC(=O)c3cc(-c4ccc(Cl)cc4)no3)cc2)cc1)S(=O)O. The lowest BCUT2D eigenvalue weighted by Crippen LogP contribution is -2.45. The molecule has 1 heterocycles. The molecule has 4 rings (SSSR count). The molecule has 0 saturated carbocycles. The number of hydrogen-bond acceptors (Lipinski definition) is 5. The summed E-state index contributed by atoms with van der Waals surface area (Å²) < 4.78 is 27.9. The van der Waals surface area contributed by atoms with Crippen LogP contribution in [0.1, 0.15) is 24.4 Å². The lowest BCUT2D eigenvalue weighted by molar-refractivity contribution is -0.139. The van der Waals surface area contributed by atoms with Crippen LogP contribution in [0.4, 0.5) is 11.4 Å². The maximum absolute atomic E-state index is 12.6. The molecule has 0 radical (unpaired) electrons. The van der Waals surface area contributed by atoms with Crippen molar-refractivity contribution >= 4 is 46.1 Å². The van der Waals surface area contributed by atoms with Crippen LogP contribution in [-0.4, -0.2) is 36.9 Å². The zero-order chi connectivity index (χ0) is 27.4. The van der Waals surface area contributed by atoms with E-state index in [2.05, 4.69) is 10.5 Å². The van der Waals surface area contributed by atoms with Gasteiger partial charge in [-0.2, -0.15) is 0 Å². The van der Waals surface area contributed by atoms with Gasteiger partial charge in [0.25, 0.3) is 17.2 Å². The first-order chi connectivity index (χ1) is 18.1. The van der Waals surface area contributed by atoms with Gasteiger partial charge < -0.3 is 14.9 Å². The Kier molecular flexibility index (Phi) is 8.26. The average molecular weight is 554 g/mol. The second-order valence-corrected chi connectivity index (χ2v) is 10.0. The minimum absolute atomic E-state index is 0.0569. The largest absolute Gasteiger partial charge is 0.480 e. The van der Waals surface area contributed by atoms with Crippen LogP contribution in [0.15, 0.2) is 83.4 Å². The highest BCUT2D eigenvalue weighted by Gasteiger charge is 2.32. The normalized spacial score (nSPS) is 12.7. The molecule has 9 nitrogen and oxygen atoms in total. The summed E-state index contributed by atoms with van der Waals surface area (Å²) >= 11 is 3.39. The number of carboxylic acids is 1. The summed E-state index contributed by atoms with van der Waals surface area (Å²) in [4.78, 5) is 24.3. The second-order valence-electron chi connectivity index (χ2n) is 8.75. The minimum atomic E-state index is -2.52. The van der Waals surface area contributed by atoms with Crippen LogP contribution in [0.3, 0.4) is 0 Å². The van der Waals surface area contributed by atoms with E-state index in [0.29, 0.717) is 22.1 Å². The number of anilines is 2. The van der Waals surface area contributed by atoms with Crippen molar-refractivity contribution in [2.45, 2.75) is 19.9 Å². The molecule has 11 heteroatoms. The highest BCUT2D eigenvalue weighted by Crippen LogP contribution is 2.28. The van der Waals surface area contributed by atoms with Crippen LogP contribution >= 0.6 is 11.6 Å². The molecule has 1 aromatic heterocycles. The number of hydrogen-bond donors (Lipinski definition) is 3. The van der Waals surface area contributed by atoms with Crippen LogP contribution in [-0.2, 0) is 16.1 Å². The molecule has 2 atom stereocenters. The molecule has 0 fully saturated rings. The van der Waals surface area contributed by atoms with Crippen LogP contribution in [0.2, 0.25) is 5.02 Å². The number of amides is 1. The van der Waals surface area contributed by atoms with Crippen molar-refractivity contribution in [3.8, 4) is 22.4 Å². The molecule has 0 bridgehead atoms. The molecule has 0 aliphatic carbocycles. The number of rotatable bonds is 9. The van der Waals surface area contributed by atoms with Crippen molar-refractivity contribution in [3.05, 3.63) is 89.6 Å². The molecule has 0 spiro atoms. The smallest absolute Gasteiger partial charge is 0.327 e. The number of benzene rings is 3. The van der Waals surface area contributed by atoms with E-state index >= 15 is 0 Å².